The summed E-state index contributed by atoms with van der Waals surface area (Å²) in [4.78, 5) is 0. The van der Waals surface area contributed by atoms with Crippen molar-refractivity contribution < 1.29 is 0 Å². The zero-order chi connectivity index (χ0) is 7.56. The first-order valence-electron chi connectivity index (χ1n) is 4.14. The lowest BCUT2D eigenvalue weighted by Gasteiger charge is -2.10. The molecule has 1 fully saturated rings. The summed E-state index contributed by atoms with van der Waals surface area (Å²) < 4.78 is 0. The summed E-state index contributed by atoms with van der Waals surface area (Å²) in [5.41, 5.74) is 0. The molecule has 0 aromatic carbocycles. The molecule has 60 valence electrons. The molecule has 10 heavy (non-hydrogen) atoms. The maximum Gasteiger partial charge on any atom is 0.0161 e. The molecule has 0 aromatic rings. The van der Waals surface area contributed by atoms with Crippen molar-refractivity contribution in [3.05, 3.63) is 0 Å². The molecule has 1 aliphatic rings. The van der Waals surface area contributed by atoms with E-state index in [0.29, 0.717) is 6.04 Å². The number of hydrogen-bond donors (Lipinski definition) is 2. The van der Waals surface area contributed by atoms with Crippen LogP contribution in [0, 0.1) is 5.92 Å². The molecular weight excluding hydrogens is 124 g/mol. The van der Waals surface area contributed by atoms with Crippen LogP contribution in [0.5, 0.6) is 0 Å². The van der Waals surface area contributed by atoms with Crippen molar-refractivity contribution in [1.82, 2.24) is 10.6 Å². The van der Waals surface area contributed by atoms with Crippen molar-refractivity contribution >= 4 is 0 Å². The van der Waals surface area contributed by atoms with E-state index in [2.05, 4.69) is 24.5 Å². The van der Waals surface area contributed by atoms with Crippen molar-refractivity contribution in [3.63, 3.8) is 0 Å². The van der Waals surface area contributed by atoms with E-state index in [1.807, 2.05) is 7.05 Å². The maximum atomic E-state index is 3.49. The molecule has 2 heteroatoms. The van der Waals surface area contributed by atoms with Gasteiger partial charge in [0.1, 0.15) is 0 Å². The molecule has 0 heterocycles. The van der Waals surface area contributed by atoms with Crippen LogP contribution in [0.2, 0.25) is 0 Å². The molecule has 0 radical (unpaired) electrons. The fraction of sp³-hybridized carbons (Fsp3) is 1.00. The molecule has 1 aliphatic carbocycles. The fourth-order valence-electron chi connectivity index (χ4n) is 1.04. The number of rotatable bonds is 4. The zero-order valence-electron chi connectivity index (χ0n) is 7.15. The second kappa shape index (κ2) is 3.35. The Morgan fingerprint density at radius 3 is 2.60 bits per heavy atom. The van der Waals surface area contributed by atoms with E-state index in [9.17, 15) is 0 Å². The Kier molecular flexibility index (Phi) is 2.69. The normalized spacial score (nSPS) is 33.9. The molecular formula is C8H18N2. The van der Waals surface area contributed by atoms with Crippen LogP contribution in [0.25, 0.3) is 0 Å². The molecule has 0 aromatic heterocycles. The highest BCUT2D eigenvalue weighted by Gasteiger charge is 2.31. The Balaban J connectivity index is 1.95. The van der Waals surface area contributed by atoms with Gasteiger partial charge in [0, 0.05) is 18.6 Å². The molecule has 0 aliphatic heterocycles. The van der Waals surface area contributed by atoms with Gasteiger partial charge in [-0.15, -0.1) is 0 Å². The van der Waals surface area contributed by atoms with Crippen molar-refractivity contribution in [2.24, 2.45) is 5.92 Å². The Morgan fingerprint density at radius 1 is 1.60 bits per heavy atom. The van der Waals surface area contributed by atoms with Crippen LogP contribution in [0.1, 0.15) is 20.3 Å². The van der Waals surface area contributed by atoms with Gasteiger partial charge in [0.15, 0.2) is 0 Å². The summed E-state index contributed by atoms with van der Waals surface area (Å²) in [5, 5.41) is 6.69. The van der Waals surface area contributed by atoms with Gasteiger partial charge >= 0.3 is 0 Å². The fourth-order valence-corrected chi connectivity index (χ4v) is 1.04. The molecule has 3 atom stereocenters. The first kappa shape index (κ1) is 8.02. The summed E-state index contributed by atoms with van der Waals surface area (Å²) in [6.45, 7) is 5.59. The van der Waals surface area contributed by atoms with Gasteiger partial charge in [0.05, 0.1) is 0 Å². The van der Waals surface area contributed by atoms with Crippen molar-refractivity contribution in [3.8, 4) is 0 Å². The van der Waals surface area contributed by atoms with Crippen molar-refractivity contribution in [2.45, 2.75) is 32.4 Å². The Morgan fingerprint density at radius 2 is 2.20 bits per heavy atom. The standard InChI is InChI=1S/C8H18N2/c1-6-4-8(6)10-5-7(2)9-3/h6-10H,4-5H2,1-3H3. The van der Waals surface area contributed by atoms with E-state index in [1.54, 1.807) is 0 Å². The molecule has 0 amide bonds. The highest BCUT2D eigenvalue weighted by atomic mass is 15.0. The third kappa shape index (κ3) is 2.27. The molecule has 1 rings (SSSR count). The predicted molar refractivity (Wildman–Crippen MR) is 44.1 cm³/mol. The summed E-state index contributed by atoms with van der Waals surface area (Å²) in [6, 6.07) is 1.42. The van der Waals surface area contributed by atoms with Gasteiger partial charge in [-0.2, -0.15) is 0 Å². The summed E-state index contributed by atoms with van der Waals surface area (Å²) in [7, 11) is 2.00. The smallest absolute Gasteiger partial charge is 0.0161 e. The van der Waals surface area contributed by atoms with Gasteiger partial charge in [-0.05, 0) is 26.3 Å². The molecule has 1 saturated carbocycles. The lowest BCUT2D eigenvalue weighted by molar-refractivity contribution is 0.529. The van der Waals surface area contributed by atoms with Gasteiger partial charge in [-0.25, -0.2) is 0 Å². The second-order valence-corrected chi connectivity index (χ2v) is 3.42. The van der Waals surface area contributed by atoms with E-state index in [4.69, 9.17) is 0 Å². The van der Waals surface area contributed by atoms with E-state index < -0.39 is 0 Å². The van der Waals surface area contributed by atoms with Crippen molar-refractivity contribution in [1.29, 1.82) is 0 Å². The minimum atomic E-state index is 0.604. The third-order valence-electron chi connectivity index (χ3n) is 2.29. The molecule has 2 N–H and O–H groups in total. The van der Waals surface area contributed by atoms with Crippen LogP contribution in [-0.2, 0) is 0 Å². The summed E-state index contributed by atoms with van der Waals surface area (Å²) in [6.07, 6.45) is 1.37. The molecule has 0 bridgehead atoms. The first-order valence-corrected chi connectivity index (χ1v) is 4.14. The maximum absolute atomic E-state index is 3.49. The molecule has 0 saturated heterocycles. The average molecular weight is 142 g/mol. The molecule has 2 nitrogen and oxygen atoms in total. The van der Waals surface area contributed by atoms with Crippen LogP contribution in [0.4, 0.5) is 0 Å². The Bertz CT molecular complexity index is 99.4. The highest BCUT2D eigenvalue weighted by molar-refractivity contribution is 4.90. The Labute approximate surface area is 63.4 Å². The van der Waals surface area contributed by atoms with Gasteiger partial charge < -0.3 is 10.6 Å². The number of likely N-dealkylation sites (N-methyl/N-ethyl adjacent to an activating group) is 1. The lowest BCUT2D eigenvalue weighted by atomic mass is 10.3. The Hall–Kier alpha value is -0.0800. The van der Waals surface area contributed by atoms with Crippen LogP contribution in [0.15, 0.2) is 0 Å². The van der Waals surface area contributed by atoms with Crippen molar-refractivity contribution in [2.75, 3.05) is 13.6 Å². The molecule has 3 unspecified atom stereocenters. The van der Waals surface area contributed by atoms with Gasteiger partial charge in [-0.3, -0.25) is 0 Å². The third-order valence-corrected chi connectivity index (χ3v) is 2.29. The van der Waals surface area contributed by atoms with Gasteiger partial charge in [-0.1, -0.05) is 6.92 Å². The average Bonchev–Trinajstić information content (AvgIpc) is 2.61. The number of nitrogens with one attached hydrogen (secondary N) is 2. The van der Waals surface area contributed by atoms with Gasteiger partial charge in [0.2, 0.25) is 0 Å². The second-order valence-electron chi connectivity index (χ2n) is 3.42. The zero-order valence-corrected chi connectivity index (χ0v) is 7.15. The largest absolute Gasteiger partial charge is 0.316 e. The first-order chi connectivity index (χ1) is 4.74. The minimum absolute atomic E-state index is 0.604. The van der Waals surface area contributed by atoms with Gasteiger partial charge in [0.25, 0.3) is 0 Å². The quantitative estimate of drug-likeness (QED) is 0.600. The summed E-state index contributed by atoms with van der Waals surface area (Å²) >= 11 is 0. The number of hydrogen-bond acceptors (Lipinski definition) is 2. The van der Waals surface area contributed by atoms with Crippen LogP contribution in [0.3, 0.4) is 0 Å². The van der Waals surface area contributed by atoms with Crippen LogP contribution >= 0.6 is 0 Å². The van der Waals surface area contributed by atoms with Crippen LogP contribution in [-0.4, -0.2) is 25.7 Å². The van der Waals surface area contributed by atoms with Crippen LogP contribution < -0.4 is 10.6 Å². The summed E-state index contributed by atoms with van der Waals surface area (Å²) in [5.74, 6) is 0.920. The predicted octanol–water partition coefficient (Wildman–Crippen LogP) is 0.592. The van der Waals surface area contributed by atoms with E-state index in [-0.39, 0.29) is 0 Å². The highest BCUT2D eigenvalue weighted by Crippen LogP contribution is 2.28. The molecule has 0 spiro atoms. The SMILES string of the molecule is CNC(C)CNC1CC1C. The lowest BCUT2D eigenvalue weighted by Crippen LogP contribution is -2.35. The topological polar surface area (TPSA) is 24.1 Å². The van der Waals surface area contributed by atoms with E-state index in [1.165, 1.54) is 6.42 Å². The van der Waals surface area contributed by atoms with E-state index >= 15 is 0 Å². The minimum Gasteiger partial charge on any atom is -0.316 e. The monoisotopic (exact) mass is 142 g/mol. The van der Waals surface area contributed by atoms with E-state index in [0.717, 1.165) is 18.5 Å².